The van der Waals surface area contributed by atoms with Gasteiger partial charge in [0, 0.05) is 19.2 Å². The third-order valence-corrected chi connectivity index (χ3v) is 4.15. The third kappa shape index (κ3) is 6.12. The van der Waals surface area contributed by atoms with Crippen molar-refractivity contribution in [3.63, 3.8) is 0 Å². The van der Waals surface area contributed by atoms with Gasteiger partial charge in [-0.15, -0.1) is 0 Å². The summed E-state index contributed by atoms with van der Waals surface area (Å²) < 4.78 is 9.87. The lowest BCUT2D eigenvalue weighted by Gasteiger charge is -2.20. The molecule has 2 aromatic rings. The van der Waals surface area contributed by atoms with Crippen LogP contribution in [0.5, 0.6) is 5.75 Å². The highest BCUT2D eigenvalue weighted by molar-refractivity contribution is 5.96. The van der Waals surface area contributed by atoms with E-state index in [2.05, 4.69) is 10.1 Å². The normalized spacial score (nSPS) is 10.1. The van der Waals surface area contributed by atoms with Gasteiger partial charge in [-0.2, -0.15) is 0 Å². The lowest BCUT2D eigenvalue weighted by Crippen LogP contribution is -2.38. The van der Waals surface area contributed by atoms with E-state index in [1.54, 1.807) is 25.3 Å². The number of anilines is 1. The number of carbonyl (C=O) groups is 3. The van der Waals surface area contributed by atoms with Gasteiger partial charge in [0.15, 0.2) is 0 Å². The summed E-state index contributed by atoms with van der Waals surface area (Å²) in [6.07, 6.45) is 0.599. The number of rotatable bonds is 8. The van der Waals surface area contributed by atoms with Gasteiger partial charge in [-0.25, -0.2) is 4.79 Å². The SMILES string of the molecule is COC(=O)c1cccc(NC(=O)CN(CCc2cccc(OC)c2)C(C)=O)c1. The second kappa shape index (κ2) is 10.1. The fourth-order valence-electron chi connectivity index (χ4n) is 2.66. The molecule has 0 unspecified atom stereocenters. The molecule has 2 amide bonds. The quantitative estimate of drug-likeness (QED) is 0.707. The molecule has 0 aliphatic heterocycles. The molecular formula is C21H24N2O5. The van der Waals surface area contributed by atoms with Gasteiger partial charge in [0.1, 0.15) is 5.75 Å². The standard InChI is InChI=1S/C21H24N2O5/c1-15(24)23(11-10-16-6-4-9-19(12-16)27-2)14-20(25)22-18-8-5-7-17(13-18)21(26)28-3/h4-9,12-13H,10-11,14H2,1-3H3,(H,22,25). The molecule has 2 aromatic carbocycles. The summed E-state index contributed by atoms with van der Waals surface area (Å²) in [5.41, 5.74) is 1.81. The smallest absolute Gasteiger partial charge is 0.337 e. The summed E-state index contributed by atoms with van der Waals surface area (Å²) in [6.45, 7) is 1.75. The lowest BCUT2D eigenvalue weighted by atomic mass is 10.1. The first-order valence-corrected chi connectivity index (χ1v) is 8.79. The van der Waals surface area contributed by atoms with Crippen LogP contribution < -0.4 is 10.1 Å². The van der Waals surface area contributed by atoms with Gasteiger partial charge >= 0.3 is 5.97 Å². The molecule has 7 nitrogen and oxygen atoms in total. The van der Waals surface area contributed by atoms with Crippen molar-refractivity contribution in [2.45, 2.75) is 13.3 Å². The molecule has 0 heterocycles. The van der Waals surface area contributed by atoms with Gasteiger partial charge in [-0.3, -0.25) is 9.59 Å². The predicted octanol–water partition coefficient (Wildman–Crippen LogP) is 2.51. The van der Waals surface area contributed by atoms with E-state index in [4.69, 9.17) is 4.74 Å². The van der Waals surface area contributed by atoms with Crippen LogP contribution in [-0.2, 0) is 20.7 Å². The number of nitrogens with one attached hydrogen (secondary N) is 1. The second-order valence-corrected chi connectivity index (χ2v) is 6.16. The maximum Gasteiger partial charge on any atom is 0.337 e. The first-order valence-electron chi connectivity index (χ1n) is 8.79. The van der Waals surface area contributed by atoms with Crippen molar-refractivity contribution < 1.29 is 23.9 Å². The Balaban J connectivity index is 1.97. The van der Waals surface area contributed by atoms with Gasteiger partial charge in [-0.1, -0.05) is 18.2 Å². The van der Waals surface area contributed by atoms with E-state index in [1.807, 2.05) is 24.3 Å². The molecule has 0 aliphatic carbocycles. The van der Waals surface area contributed by atoms with E-state index in [1.165, 1.54) is 25.0 Å². The number of ether oxygens (including phenoxy) is 2. The molecule has 7 heteroatoms. The Labute approximate surface area is 164 Å². The number of esters is 1. The van der Waals surface area contributed by atoms with Gasteiger partial charge in [0.05, 0.1) is 26.3 Å². The molecule has 0 fully saturated rings. The fraction of sp³-hybridized carbons (Fsp3) is 0.286. The molecular weight excluding hydrogens is 360 g/mol. The highest BCUT2D eigenvalue weighted by Crippen LogP contribution is 2.14. The minimum atomic E-state index is -0.486. The maximum absolute atomic E-state index is 12.3. The van der Waals surface area contributed by atoms with Crippen LogP contribution in [0.2, 0.25) is 0 Å². The van der Waals surface area contributed by atoms with Crippen LogP contribution in [0.25, 0.3) is 0 Å². The number of nitrogens with zero attached hydrogens (tertiary/aromatic N) is 1. The number of carbonyl (C=O) groups excluding carboxylic acids is 3. The molecule has 1 N–H and O–H groups in total. The Morgan fingerprint density at radius 1 is 1.04 bits per heavy atom. The first-order chi connectivity index (χ1) is 13.4. The molecule has 0 saturated carbocycles. The first kappa shape index (κ1) is 21.0. The topological polar surface area (TPSA) is 84.9 Å². The summed E-state index contributed by atoms with van der Waals surface area (Å²) in [6, 6.07) is 14.0. The zero-order chi connectivity index (χ0) is 20.5. The zero-order valence-electron chi connectivity index (χ0n) is 16.2. The average Bonchev–Trinajstić information content (AvgIpc) is 2.70. The predicted molar refractivity (Wildman–Crippen MR) is 105 cm³/mol. The molecule has 2 rings (SSSR count). The lowest BCUT2D eigenvalue weighted by molar-refractivity contribution is -0.132. The highest BCUT2D eigenvalue weighted by atomic mass is 16.5. The maximum atomic E-state index is 12.3. The third-order valence-electron chi connectivity index (χ3n) is 4.15. The zero-order valence-corrected chi connectivity index (χ0v) is 16.2. The van der Waals surface area contributed by atoms with Crippen LogP contribution in [0, 0.1) is 0 Å². The van der Waals surface area contributed by atoms with Crippen LogP contribution >= 0.6 is 0 Å². The van der Waals surface area contributed by atoms with Gasteiger partial charge in [0.25, 0.3) is 0 Å². The van der Waals surface area contributed by atoms with E-state index >= 15 is 0 Å². The highest BCUT2D eigenvalue weighted by Gasteiger charge is 2.15. The Hall–Kier alpha value is -3.35. The van der Waals surface area contributed by atoms with Gasteiger partial charge in [-0.05, 0) is 42.3 Å². The van der Waals surface area contributed by atoms with Gasteiger partial charge < -0.3 is 19.7 Å². The van der Waals surface area contributed by atoms with E-state index in [9.17, 15) is 14.4 Å². The number of benzene rings is 2. The molecule has 0 atom stereocenters. The molecule has 0 radical (unpaired) electrons. The van der Waals surface area contributed by atoms with Crippen molar-refractivity contribution in [1.82, 2.24) is 4.90 Å². The molecule has 148 valence electrons. The van der Waals surface area contributed by atoms with Crippen LogP contribution in [0.3, 0.4) is 0 Å². The van der Waals surface area contributed by atoms with Gasteiger partial charge in [0.2, 0.25) is 11.8 Å². The van der Waals surface area contributed by atoms with E-state index in [0.29, 0.717) is 24.2 Å². The summed E-state index contributed by atoms with van der Waals surface area (Å²) in [5.74, 6) is -0.279. The van der Waals surface area contributed by atoms with Crippen LogP contribution in [0.15, 0.2) is 48.5 Å². The van der Waals surface area contributed by atoms with Crippen LogP contribution in [0.4, 0.5) is 5.69 Å². The summed E-state index contributed by atoms with van der Waals surface area (Å²) >= 11 is 0. The fourth-order valence-corrected chi connectivity index (χ4v) is 2.66. The van der Waals surface area contributed by atoms with E-state index in [0.717, 1.165) is 11.3 Å². The molecule has 0 aliphatic rings. The molecule has 0 saturated heterocycles. The van der Waals surface area contributed by atoms with Crippen molar-refractivity contribution in [2.75, 3.05) is 32.6 Å². The summed E-state index contributed by atoms with van der Waals surface area (Å²) in [7, 11) is 2.89. The van der Waals surface area contributed by atoms with Crippen molar-refractivity contribution in [3.8, 4) is 5.75 Å². The average molecular weight is 384 g/mol. The van der Waals surface area contributed by atoms with Crippen molar-refractivity contribution in [3.05, 3.63) is 59.7 Å². The van der Waals surface area contributed by atoms with Crippen molar-refractivity contribution >= 4 is 23.5 Å². The van der Waals surface area contributed by atoms with Crippen molar-refractivity contribution in [2.24, 2.45) is 0 Å². The number of hydrogen-bond donors (Lipinski definition) is 1. The van der Waals surface area contributed by atoms with E-state index in [-0.39, 0.29) is 18.4 Å². The molecule has 0 bridgehead atoms. The molecule has 0 spiro atoms. The number of hydrogen-bond acceptors (Lipinski definition) is 5. The summed E-state index contributed by atoms with van der Waals surface area (Å²) in [4.78, 5) is 37.3. The number of amides is 2. The largest absolute Gasteiger partial charge is 0.497 e. The Morgan fingerprint density at radius 2 is 1.79 bits per heavy atom. The minimum absolute atomic E-state index is 0.0816. The Bertz CT molecular complexity index is 850. The van der Waals surface area contributed by atoms with E-state index < -0.39 is 5.97 Å². The Kier molecular flexibility index (Phi) is 7.56. The monoisotopic (exact) mass is 384 g/mol. The minimum Gasteiger partial charge on any atom is -0.497 e. The van der Waals surface area contributed by atoms with Crippen LogP contribution in [0.1, 0.15) is 22.8 Å². The summed E-state index contributed by atoms with van der Waals surface area (Å²) in [5, 5.41) is 2.70. The molecule has 0 aromatic heterocycles. The second-order valence-electron chi connectivity index (χ2n) is 6.16. The van der Waals surface area contributed by atoms with Crippen LogP contribution in [-0.4, -0.2) is 50.0 Å². The van der Waals surface area contributed by atoms with Crippen molar-refractivity contribution in [1.29, 1.82) is 0 Å². The Morgan fingerprint density at radius 3 is 2.46 bits per heavy atom. The molecule has 28 heavy (non-hydrogen) atoms. The number of methoxy groups -OCH3 is 2.